The number of amidine groups is 1. The molecule has 10 nitrogen and oxygen atoms in total. The molecule has 1 saturated heterocycles. The SMILES string of the molecule is NC1=NS(=O)(=O)Cc2cccc(OC[C@H]3CCCN(C(=O)c4ccnc(-n5cnc6ccccc65)c4)C3)c21. The average molecular weight is 531 g/mol. The van der Waals surface area contributed by atoms with Crippen LogP contribution < -0.4 is 10.5 Å². The molecule has 6 rings (SSSR count). The third-order valence-electron chi connectivity index (χ3n) is 6.92. The van der Waals surface area contributed by atoms with Gasteiger partial charge in [-0.3, -0.25) is 9.36 Å². The van der Waals surface area contributed by atoms with Crippen LogP contribution in [-0.4, -0.2) is 59.3 Å². The highest BCUT2D eigenvalue weighted by molar-refractivity contribution is 7.89. The number of imidazole rings is 1. The molecule has 194 valence electrons. The summed E-state index contributed by atoms with van der Waals surface area (Å²) >= 11 is 0. The van der Waals surface area contributed by atoms with Crippen LogP contribution >= 0.6 is 0 Å². The molecule has 0 bridgehead atoms. The number of amides is 1. The van der Waals surface area contributed by atoms with Crippen molar-refractivity contribution in [2.24, 2.45) is 16.0 Å². The van der Waals surface area contributed by atoms with Crippen molar-refractivity contribution in [2.45, 2.75) is 18.6 Å². The summed E-state index contributed by atoms with van der Waals surface area (Å²) in [5.74, 6) is 0.954. The van der Waals surface area contributed by atoms with Crippen molar-refractivity contribution >= 4 is 32.8 Å². The van der Waals surface area contributed by atoms with Gasteiger partial charge < -0.3 is 15.4 Å². The summed E-state index contributed by atoms with van der Waals surface area (Å²) < 4.78 is 35.5. The van der Waals surface area contributed by atoms with Gasteiger partial charge in [-0.1, -0.05) is 24.3 Å². The van der Waals surface area contributed by atoms with Gasteiger partial charge in [0.05, 0.1) is 29.0 Å². The number of fused-ring (bicyclic) bond motifs is 2. The lowest BCUT2D eigenvalue weighted by molar-refractivity contribution is 0.0633. The monoisotopic (exact) mass is 530 g/mol. The molecule has 2 aliphatic rings. The highest BCUT2D eigenvalue weighted by Gasteiger charge is 2.28. The molecular formula is C27H26N6O4S. The second-order valence-corrected chi connectivity index (χ2v) is 11.2. The minimum absolute atomic E-state index is 0.0542. The molecule has 11 heteroatoms. The Balaban J connectivity index is 1.16. The van der Waals surface area contributed by atoms with Gasteiger partial charge in [-0.05, 0) is 48.7 Å². The van der Waals surface area contributed by atoms with Gasteiger partial charge in [0.15, 0.2) is 0 Å². The van der Waals surface area contributed by atoms with Crippen LogP contribution in [0.1, 0.15) is 34.3 Å². The number of nitrogens with zero attached hydrogens (tertiary/aromatic N) is 5. The number of nitrogens with two attached hydrogens (primary N) is 1. The van der Waals surface area contributed by atoms with Crippen LogP contribution in [0.3, 0.4) is 0 Å². The topological polar surface area (TPSA) is 133 Å². The second kappa shape index (κ2) is 9.56. The maximum atomic E-state index is 13.4. The molecule has 1 atom stereocenters. The number of para-hydroxylation sites is 2. The maximum absolute atomic E-state index is 13.4. The van der Waals surface area contributed by atoms with E-state index in [0.29, 0.717) is 48.0 Å². The van der Waals surface area contributed by atoms with Crippen molar-refractivity contribution < 1.29 is 17.9 Å². The van der Waals surface area contributed by atoms with E-state index in [-0.39, 0.29) is 23.4 Å². The number of likely N-dealkylation sites (tertiary alicyclic amines) is 1. The fourth-order valence-corrected chi connectivity index (χ4v) is 6.22. The van der Waals surface area contributed by atoms with Gasteiger partial charge in [0.2, 0.25) is 0 Å². The largest absolute Gasteiger partial charge is 0.492 e. The quantitative estimate of drug-likeness (QED) is 0.419. The van der Waals surface area contributed by atoms with Gasteiger partial charge in [0.1, 0.15) is 23.7 Å². The Morgan fingerprint density at radius 3 is 2.87 bits per heavy atom. The van der Waals surface area contributed by atoms with Crippen molar-refractivity contribution in [1.29, 1.82) is 0 Å². The van der Waals surface area contributed by atoms with Gasteiger partial charge in [-0.2, -0.15) is 0 Å². The van der Waals surface area contributed by atoms with Gasteiger partial charge in [-0.15, -0.1) is 4.40 Å². The Hall–Kier alpha value is -4.25. The van der Waals surface area contributed by atoms with E-state index in [1.54, 1.807) is 42.9 Å². The van der Waals surface area contributed by atoms with Crippen LogP contribution in [-0.2, 0) is 15.8 Å². The zero-order valence-corrected chi connectivity index (χ0v) is 21.3. The minimum Gasteiger partial charge on any atom is -0.492 e. The Morgan fingerprint density at radius 2 is 1.97 bits per heavy atom. The molecule has 2 aliphatic heterocycles. The fourth-order valence-electron chi connectivity index (χ4n) is 5.13. The summed E-state index contributed by atoms with van der Waals surface area (Å²) in [5.41, 5.74) is 9.42. The fraction of sp³-hybridized carbons (Fsp3) is 0.259. The first-order valence-corrected chi connectivity index (χ1v) is 14.0. The number of carbonyl (C=O) groups excluding carboxylic acids is 1. The van der Waals surface area contributed by atoms with Crippen molar-refractivity contribution in [1.82, 2.24) is 19.4 Å². The lowest BCUT2D eigenvalue weighted by atomic mass is 9.98. The number of piperidine rings is 1. The predicted molar refractivity (Wildman–Crippen MR) is 143 cm³/mol. The van der Waals surface area contributed by atoms with Gasteiger partial charge >= 0.3 is 0 Å². The van der Waals surface area contributed by atoms with Crippen molar-refractivity contribution in [3.05, 3.63) is 83.8 Å². The molecule has 4 aromatic rings. The zero-order chi connectivity index (χ0) is 26.3. The molecule has 0 radical (unpaired) electrons. The highest BCUT2D eigenvalue weighted by atomic mass is 32.2. The third-order valence-corrected chi connectivity index (χ3v) is 8.07. The van der Waals surface area contributed by atoms with E-state index in [1.807, 2.05) is 33.7 Å². The van der Waals surface area contributed by atoms with Crippen molar-refractivity contribution in [2.75, 3.05) is 19.7 Å². The molecule has 0 saturated carbocycles. The summed E-state index contributed by atoms with van der Waals surface area (Å²) in [6.45, 7) is 1.60. The van der Waals surface area contributed by atoms with Crippen molar-refractivity contribution in [3.8, 4) is 11.6 Å². The summed E-state index contributed by atoms with van der Waals surface area (Å²) in [6, 6.07) is 16.6. The van der Waals surface area contributed by atoms with Crippen LogP contribution in [0, 0.1) is 5.92 Å². The second-order valence-electron chi connectivity index (χ2n) is 9.57. The van der Waals surface area contributed by atoms with E-state index in [9.17, 15) is 13.2 Å². The number of carbonyl (C=O) groups is 1. The first kappa shape index (κ1) is 24.1. The predicted octanol–water partition coefficient (Wildman–Crippen LogP) is 2.90. The number of sulfonamides is 1. The van der Waals surface area contributed by atoms with E-state index >= 15 is 0 Å². The molecule has 0 aliphatic carbocycles. The highest BCUT2D eigenvalue weighted by Crippen LogP contribution is 2.29. The number of aromatic nitrogens is 3. The van der Waals surface area contributed by atoms with E-state index in [2.05, 4.69) is 14.4 Å². The number of benzene rings is 2. The number of hydrogen-bond donors (Lipinski definition) is 1. The Bertz CT molecular complexity index is 1680. The smallest absolute Gasteiger partial charge is 0.259 e. The maximum Gasteiger partial charge on any atom is 0.259 e. The van der Waals surface area contributed by atoms with Crippen LogP contribution in [0.4, 0.5) is 0 Å². The summed E-state index contributed by atoms with van der Waals surface area (Å²) in [6.07, 6.45) is 5.13. The molecule has 0 spiro atoms. The molecule has 1 amide bonds. The molecule has 38 heavy (non-hydrogen) atoms. The van der Waals surface area contributed by atoms with E-state index < -0.39 is 10.0 Å². The van der Waals surface area contributed by atoms with Gasteiger partial charge in [0.25, 0.3) is 15.9 Å². The van der Waals surface area contributed by atoms with E-state index in [1.165, 1.54) is 0 Å². The number of hydrogen-bond acceptors (Lipinski definition) is 7. The van der Waals surface area contributed by atoms with Crippen LogP contribution in [0.2, 0.25) is 0 Å². The number of pyridine rings is 1. The summed E-state index contributed by atoms with van der Waals surface area (Å²) in [4.78, 5) is 24.2. The molecule has 0 unspecified atom stereocenters. The van der Waals surface area contributed by atoms with Crippen molar-refractivity contribution in [3.63, 3.8) is 0 Å². The first-order valence-electron chi connectivity index (χ1n) is 12.4. The van der Waals surface area contributed by atoms with Gasteiger partial charge in [-0.25, -0.2) is 18.4 Å². The third kappa shape index (κ3) is 4.60. The first-order chi connectivity index (χ1) is 18.4. The Morgan fingerprint density at radius 1 is 1.11 bits per heavy atom. The average Bonchev–Trinajstić information content (AvgIpc) is 3.35. The Labute approximate surface area is 219 Å². The number of ether oxygens (including phenoxy) is 1. The van der Waals surface area contributed by atoms with Crippen LogP contribution in [0.25, 0.3) is 16.9 Å². The standard InChI is InChI=1S/C27H26N6O4S/c28-26-25-20(16-38(35,36)31-26)6-3-9-23(25)37-15-18-5-4-12-32(14-18)27(34)19-10-11-29-24(13-19)33-17-30-21-7-1-2-8-22(21)33/h1-3,6-11,13,17-18H,4-5,12,14-16H2,(H2,28,31)/t18-/m0/s1. The molecule has 2 N–H and O–H groups in total. The molecule has 2 aromatic heterocycles. The van der Waals surface area contributed by atoms with E-state index in [0.717, 1.165) is 23.9 Å². The molecule has 4 heterocycles. The molecule has 2 aromatic carbocycles. The minimum atomic E-state index is -3.62. The van der Waals surface area contributed by atoms with E-state index in [4.69, 9.17) is 10.5 Å². The van der Waals surface area contributed by atoms with Crippen LogP contribution in [0.5, 0.6) is 5.75 Å². The van der Waals surface area contributed by atoms with Gasteiger partial charge in [0, 0.05) is 30.8 Å². The molecular weight excluding hydrogens is 504 g/mol. The summed E-state index contributed by atoms with van der Waals surface area (Å²) in [5, 5.41) is 0. The van der Waals surface area contributed by atoms with Crippen LogP contribution in [0.15, 0.2) is 71.5 Å². The lowest BCUT2D eigenvalue weighted by Gasteiger charge is -2.33. The molecule has 1 fully saturated rings. The zero-order valence-electron chi connectivity index (χ0n) is 20.5. The Kier molecular flexibility index (Phi) is 6.07. The lowest BCUT2D eigenvalue weighted by Crippen LogP contribution is -2.41. The normalized spacial score (nSPS) is 18.6. The summed E-state index contributed by atoms with van der Waals surface area (Å²) in [7, 11) is -3.62. The number of rotatable bonds is 5.